The molecule has 0 aliphatic heterocycles. The average Bonchev–Trinajstić information content (AvgIpc) is 2.93. The average molecular weight is 602 g/mol. The first kappa shape index (κ1) is 29.1. The summed E-state index contributed by atoms with van der Waals surface area (Å²) in [6.07, 6.45) is 0. The first-order valence-corrected chi connectivity index (χ1v) is 14.1. The molecule has 0 spiro atoms. The Morgan fingerprint density at radius 2 is 1.40 bits per heavy atom. The Morgan fingerprint density at radius 1 is 0.800 bits per heavy atom. The zero-order chi connectivity index (χ0) is 28.9. The summed E-state index contributed by atoms with van der Waals surface area (Å²) < 4.78 is 45.4. The molecule has 0 aromatic heterocycles. The third kappa shape index (κ3) is 6.62. The van der Waals surface area contributed by atoms with Crippen LogP contribution in [0.25, 0.3) is 0 Å². The Bertz CT molecular complexity index is 1630. The number of nitrogens with one attached hydrogen (secondary N) is 1. The third-order valence-corrected chi connectivity index (χ3v) is 8.05. The molecule has 0 unspecified atom stereocenters. The molecule has 1 amide bonds. The molecule has 208 valence electrons. The first-order chi connectivity index (χ1) is 19.1. The molecule has 0 bridgehead atoms. The van der Waals surface area contributed by atoms with E-state index in [2.05, 4.69) is 5.32 Å². The van der Waals surface area contributed by atoms with Crippen molar-refractivity contribution in [3.63, 3.8) is 0 Å². The lowest BCUT2D eigenvalue weighted by atomic mass is 10.2. The van der Waals surface area contributed by atoms with Gasteiger partial charge in [0, 0.05) is 10.0 Å². The number of carbonyl (C=O) groups is 1. The number of hydrogen-bond acceptors (Lipinski definition) is 6. The van der Waals surface area contributed by atoms with Gasteiger partial charge in [0.25, 0.3) is 10.0 Å². The fourth-order valence-electron chi connectivity index (χ4n) is 3.83. The lowest BCUT2D eigenvalue weighted by molar-refractivity contribution is -0.114. The van der Waals surface area contributed by atoms with Crippen LogP contribution in [-0.2, 0) is 14.8 Å². The molecule has 0 fully saturated rings. The minimum Gasteiger partial charge on any atom is -0.495 e. The molecule has 0 radical (unpaired) electrons. The van der Waals surface area contributed by atoms with Crippen LogP contribution in [0.4, 0.5) is 11.4 Å². The van der Waals surface area contributed by atoms with Crippen molar-refractivity contribution in [2.24, 2.45) is 0 Å². The summed E-state index contributed by atoms with van der Waals surface area (Å²) in [7, 11) is -1.31. The van der Waals surface area contributed by atoms with Gasteiger partial charge in [-0.1, -0.05) is 53.0 Å². The smallest absolute Gasteiger partial charge is 0.264 e. The standard InChI is InChI=1S/C29H26Cl2N2O6S/c1-19-8-12-22(13-9-19)40(35,36)33(24-17-21(31)11-15-26(24)37-2)18-29(34)32-23-16-20(30)10-14-25(23)39-28-7-5-4-6-27(28)38-3/h4-17H,18H2,1-3H3,(H,32,34). The van der Waals surface area contributed by atoms with E-state index in [9.17, 15) is 13.2 Å². The number of nitrogens with zero attached hydrogens (tertiary/aromatic N) is 1. The molecule has 0 atom stereocenters. The van der Waals surface area contributed by atoms with E-state index >= 15 is 0 Å². The molecule has 40 heavy (non-hydrogen) atoms. The number of methoxy groups -OCH3 is 2. The lowest BCUT2D eigenvalue weighted by Gasteiger charge is -2.26. The van der Waals surface area contributed by atoms with Gasteiger partial charge in [0.05, 0.1) is 30.5 Å². The Morgan fingerprint density at radius 3 is 2.05 bits per heavy atom. The second kappa shape index (κ2) is 12.5. The number of anilines is 2. The van der Waals surface area contributed by atoms with E-state index in [-0.39, 0.29) is 32.8 Å². The summed E-state index contributed by atoms with van der Waals surface area (Å²) in [5.74, 6) is 0.726. The number of halogens is 2. The van der Waals surface area contributed by atoms with E-state index in [1.807, 2.05) is 6.92 Å². The van der Waals surface area contributed by atoms with Crippen LogP contribution in [0.15, 0.2) is 89.8 Å². The van der Waals surface area contributed by atoms with Crippen molar-refractivity contribution < 1.29 is 27.4 Å². The highest BCUT2D eigenvalue weighted by Crippen LogP contribution is 2.37. The van der Waals surface area contributed by atoms with Crippen molar-refractivity contribution in [3.8, 4) is 23.0 Å². The van der Waals surface area contributed by atoms with Gasteiger partial charge < -0.3 is 19.5 Å². The van der Waals surface area contributed by atoms with Gasteiger partial charge in [-0.3, -0.25) is 9.10 Å². The summed E-state index contributed by atoms with van der Waals surface area (Å²) in [6, 6.07) is 22.5. The van der Waals surface area contributed by atoms with Crippen molar-refractivity contribution in [3.05, 3.63) is 101 Å². The number of carbonyl (C=O) groups excluding carboxylic acids is 1. The van der Waals surface area contributed by atoms with Crippen LogP contribution < -0.4 is 23.8 Å². The largest absolute Gasteiger partial charge is 0.495 e. The number of sulfonamides is 1. The van der Waals surface area contributed by atoms with Crippen LogP contribution in [0.2, 0.25) is 10.0 Å². The van der Waals surface area contributed by atoms with Crippen LogP contribution in [0, 0.1) is 6.92 Å². The highest BCUT2D eigenvalue weighted by atomic mass is 35.5. The molecule has 4 aromatic rings. The lowest BCUT2D eigenvalue weighted by Crippen LogP contribution is -2.38. The molecule has 0 aliphatic rings. The van der Waals surface area contributed by atoms with Crippen molar-refractivity contribution in [2.45, 2.75) is 11.8 Å². The van der Waals surface area contributed by atoms with Gasteiger partial charge in [0.2, 0.25) is 5.91 Å². The molecule has 0 saturated heterocycles. The van der Waals surface area contributed by atoms with Crippen LogP contribution in [0.5, 0.6) is 23.0 Å². The Hall–Kier alpha value is -3.92. The SMILES string of the molecule is COc1ccccc1Oc1ccc(Cl)cc1NC(=O)CN(c1cc(Cl)ccc1OC)S(=O)(=O)c1ccc(C)cc1. The topological polar surface area (TPSA) is 94.2 Å². The number of rotatable bonds is 10. The first-order valence-electron chi connectivity index (χ1n) is 12.0. The predicted molar refractivity (Wildman–Crippen MR) is 157 cm³/mol. The Balaban J connectivity index is 1.70. The van der Waals surface area contributed by atoms with E-state index < -0.39 is 22.5 Å². The molecule has 4 rings (SSSR count). The molecular formula is C29H26Cl2N2O6S. The van der Waals surface area contributed by atoms with E-state index in [0.29, 0.717) is 16.5 Å². The van der Waals surface area contributed by atoms with Crippen molar-refractivity contribution in [1.29, 1.82) is 0 Å². The molecule has 4 aromatic carbocycles. The summed E-state index contributed by atoms with van der Waals surface area (Å²) >= 11 is 12.4. The van der Waals surface area contributed by atoms with Gasteiger partial charge in [-0.05, 0) is 67.6 Å². The maximum Gasteiger partial charge on any atom is 0.264 e. The predicted octanol–water partition coefficient (Wildman–Crippen LogP) is 6.95. The normalized spacial score (nSPS) is 11.0. The van der Waals surface area contributed by atoms with Crippen LogP contribution in [-0.4, -0.2) is 35.1 Å². The Kier molecular flexibility index (Phi) is 9.09. The number of ether oxygens (including phenoxy) is 3. The minimum absolute atomic E-state index is 0.00382. The highest BCUT2D eigenvalue weighted by molar-refractivity contribution is 7.92. The van der Waals surface area contributed by atoms with E-state index in [4.69, 9.17) is 37.4 Å². The van der Waals surface area contributed by atoms with Crippen LogP contribution in [0.1, 0.15) is 5.56 Å². The van der Waals surface area contributed by atoms with Gasteiger partial charge in [0.15, 0.2) is 17.2 Å². The maximum absolute atomic E-state index is 13.8. The monoisotopic (exact) mass is 600 g/mol. The van der Waals surface area contributed by atoms with Gasteiger partial charge in [-0.15, -0.1) is 0 Å². The third-order valence-electron chi connectivity index (χ3n) is 5.81. The second-order valence-electron chi connectivity index (χ2n) is 8.58. The summed E-state index contributed by atoms with van der Waals surface area (Å²) in [5.41, 5.74) is 1.21. The minimum atomic E-state index is -4.22. The molecule has 0 saturated carbocycles. The number of aryl methyl sites for hydroxylation is 1. The van der Waals surface area contributed by atoms with E-state index in [0.717, 1.165) is 9.87 Å². The zero-order valence-electron chi connectivity index (χ0n) is 21.9. The fraction of sp³-hybridized carbons (Fsp3) is 0.138. The highest BCUT2D eigenvalue weighted by Gasteiger charge is 2.30. The van der Waals surface area contributed by atoms with Crippen molar-refractivity contribution in [2.75, 3.05) is 30.4 Å². The van der Waals surface area contributed by atoms with Gasteiger partial charge >= 0.3 is 0 Å². The number of hydrogen-bond donors (Lipinski definition) is 1. The molecule has 1 N–H and O–H groups in total. The maximum atomic E-state index is 13.8. The molecule has 8 nitrogen and oxygen atoms in total. The van der Waals surface area contributed by atoms with Crippen molar-refractivity contribution >= 4 is 50.5 Å². The van der Waals surface area contributed by atoms with Gasteiger partial charge in [-0.25, -0.2) is 8.42 Å². The van der Waals surface area contributed by atoms with Crippen LogP contribution >= 0.6 is 23.2 Å². The quantitative estimate of drug-likeness (QED) is 0.212. The van der Waals surface area contributed by atoms with Crippen LogP contribution in [0.3, 0.4) is 0 Å². The molecule has 0 aliphatic carbocycles. The zero-order valence-corrected chi connectivity index (χ0v) is 24.2. The number of benzene rings is 4. The van der Waals surface area contributed by atoms with E-state index in [1.165, 1.54) is 44.6 Å². The molecule has 11 heteroatoms. The molecule has 0 heterocycles. The van der Waals surface area contributed by atoms with Gasteiger partial charge in [0.1, 0.15) is 12.3 Å². The number of para-hydroxylation sites is 2. The molecular weight excluding hydrogens is 575 g/mol. The fourth-order valence-corrected chi connectivity index (χ4v) is 5.59. The summed E-state index contributed by atoms with van der Waals surface area (Å²) in [6.45, 7) is 1.24. The summed E-state index contributed by atoms with van der Waals surface area (Å²) in [4.78, 5) is 13.4. The van der Waals surface area contributed by atoms with Crippen molar-refractivity contribution in [1.82, 2.24) is 0 Å². The number of amides is 1. The second-order valence-corrected chi connectivity index (χ2v) is 11.3. The van der Waals surface area contributed by atoms with Gasteiger partial charge in [-0.2, -0.15) is 0 Å². The van der Waals surface area contributed by atoms with E-state index in [1.54, 1.807) is 54.6 Å². The Labute approximate surface area is 243 Å². The summed E-state index contributed by atoms with van der Waals surface area (Å²) in [5, 5.41) is 3.33.